The summed E-state index contributed by atoms with van der Waals surface area (Å²) in [7, 11) is -0.140. The molecule has 0 aromatic heterocycles. The van der Waals surface area contributed by atoms with Crippen molar-refractivity contribution in [1.82, 2.24) is 0 Å². The van der Waals surface area contributed by atoms with Crippen LogP contribution in [0, 0.1) is 0 Å². The molecular formula is C14H20O3Si. The number of hydrogen-bond acceptors (Lipinski definition) is 3. The lowest BCUT2D eigenvalue weighted by molar-refractivity contribution is 0.285. The van der Waals surface area contributed by atoms with E-state index in [2.05, 4.69) is 26.2 Å². The van der Waals surface area contributed by atoms with Crippen LogP contribution in [0.2, 0.25) is 19.6 Å². The molecular weight excluding hydrogens is 244 g/mol. The molecule has 0 saturated heterocycles. The van der Waals surface area contributed by atoms with Gasteiger partial charge in [-0.2, -0.15) is 0 Å². The summed E-state index contributed by atoms with van der Waals surface area (Å²) in [5.74, 6) is 1.71. The molecule has 0 spiro atoms. The predicted molar refractivity (Wildman–Crippen MR) is 75.7 cm³/mol. The van der Waals surface area contributed by atoms with Gasteiger partial charge in [-0.05, 0) is 31.8 Å². The molecule has 0 radical (unpaired) electrons. The zero-order valence-corrected chi connectivity index (χ0v) is 12.4. The van der Waals surface area contributed by atoms with Crippen molar-refractivity contribution < 1.29 is 13.9 Å². The maximum atomic E-state index is 5.80. The summed E-state index contributed by atoms with van der Waals surface area (Å²) < 4.78 is 16.5. The molecule has 0 unspecified atom stereocenters. The van der Waals surface area contributed by atoms with Gasteiger partial charge in [0.2, 0.25) is 14.1 Å². The second-order valence-electron chi connectivity index (χ2n) is 4.77. The molecule has 0 heterocycles. The highest BCUT2D eigenvalue weighted by Crippen LogP contribution is 2.21. The Bertz CT molecular complexity index is 418. The molecule has 0 N–H and O–H groups in total. The molecule has 1 aromatic rings. The summed E-state index contributed by atoms with van der Waals surface area (Å²) in [5, 5.41) is 0. The van der Waals surface area contributed by atoms with Gasteiger partial charge in [0.25, 0.3) is 0 Å². The van der Waals surface area contributed by atoms with E-state index in [-0.39, 0.29) is 0 Å². The summed E-state index contributed by atoms with van der Waals surface area (Å²) in [6.45, 7) is 10.2. The Hall–Kier alpha value is -1.68. The second kappa shape index (κ2) is 6.30. The summed E-state index contributed by atoms with van der Waals surface area (Å²) in [6.07, 6.45) is 1.50. The van der Waals surface area contributed by atoms with Gasteiger partial charge in [0, 0.05) is 0 Å². The Balaban J connectivity index is 2.78. The molecule has 0 atom stereocenters. The van der Waals surface area contributed by atoms with Crippen LogP contribution in [0.5, 0.6) is 5.75 Å². The molecule has 0 aliphatic heterocycles. The van der Waals surface area contributed by atoms with Crippen molar-refractivity contribution in [1.29, 1.82) is 0 Å². The molecule has 0 amide bonds. The fourth-order valence-corrected chi connectivity index (χ4v) is 2.13. The highest BCUT2D eigenvalue weighted by Gasteiger charge is 2.20. The Morgan fingerprint density at radius 1 is 1.17 bits per heavy atom. The first-order chi connectivity index (χ1) is 8.42. The average Bonchev–Trinajstić information content (AvgIpc) is 2.27. The average molecular weight is 264 g/mol. The molecule has 98 valence electrons. The molecule has 0 bridgehead atoms. The molecule has 4 heteroatoms. The van der Waals surface area contributed by atoms with Crippen LogP contribution in [0.3, 0.4) is 0 Å². The maximum absolute atomic E-state index is 5.80. The van der Waals surface area contributed by atoms with Crippen molar-refractivity contribution in [3.8, 4) is 5.75 Å². The Morgan fingerprint density at radius 3 is 2.28 bits per heavy atom. The first kappa shape index (κ1) is 14.4. The van der Waals surface area contributed by atoms with Gasteiger partial charge in [-0.3, -0.25) is 0 Å². The minimum absolute atomic E-state index is 0.492. The van der Waals surface area contributed by atoms with Crippen molar-refractivity contribution in [3.63, 3.8) is 0 Å². The van der Waals surface area contributed by atoms with Gasteiger partial charge < -0.3 is 13.9 Å². The first-order valence-electron chi connectivity index (χ1n) is 5.76. The molecule has 0 aliphatic rings. The van der Waals surface area contributed by atoms with E-state index >= 15 is 0 Å². The number of para-hydroxylation sites is 1. The third-order valence-corrected chi connectivity index (χ3v) is 2.76. The molecule has 1 rings (SSSR count). The van der Waals surface area contributed by atoms with Crippen LogP contribution in [0.4, 0.5) is 0 Å². The minimum Gasteiger partial charge on any atom is -0.542 e. The topological polar surface area (TPSA) is 27.7 Å². The van der Waals surface area contributed by atoms with Gasteiger partial charge in [0.1, 0.15) is 17.8 Å². The fourth-order valence-electron chi connectivity index (χ4n) is 1.29. The molecule has 0 fully saturated rings. The minimum atomic E-state index is -1.71. The number of methoxy groups -OCH3 is 1. The van der Waals surface area contributed by atoms with Crippen molar-refractivity contribution in [2.45, 2.75) is 19.6 Å². The van der Waals surface area contributed by atoms with Gasteiger partial charge in [-0.25, -0.2) is 0 Å². The van der Waals surface area contributed by atoms with Crippen molar-refractivity contribution >= 4 is 8.32 Å². The zero-order chi connectivity index (χ0) is 13.6. The number of rotatable bonds is 6. The fraction of sp³-hybridized carbons (Fsp3) is 0.286. The number of benzene rings is 1. The maximum Gasteiger partial charge on any atom is 0.242 e. The smallest absolute Gasteiger partial charge is 0.242 e. The summed E-state index contributed by atoms with van der Waals surface area (Å²) in [5.41, 5.74) is 0. The van der Waals surface area contributed by atoms with Crippen LogP contribution in [0.1, 0.15) is 0 Å². The van der Waals surface area contributed by atoms with E-state index in [4.69, 9.17) is 13.9 Å². The van der Waals surface area contributed by atoms with Crippen LogP contribution in [0.25, 0.3) is 0 Å². The Labute approximate surface area is 110 Å². The lowest BCUT2D eigenvalue weighted by atomic mass is 10.3. The third-order valence-electron chi connectivity index (χ3n) is 1.90. The standard InChI is InChI=1S/C14H20O3Si/c1-12(17-18(3,4)5)14(11-15-2)16-13-9-7-6-8-10-13/h6-11H,1H2,2-5H3. The molecule has 0 saturated carbocycles. The largest absolute Gasteiger partial charge is 0.542 e. The summed E-state index contributed by atoms with van der Waals surface area (Å²) in [4.78, 5) is 0. The van der Waals surface area contributed by atoms with Crippen LogP contribution >= 0.6 is 0 Å². The molecule has 1 aromatic carbocycles. The van der Waals surface area contributed by atoms with E-state index in [9.17, 15) is 0 Å². The van der Waals surface area contributed by atoms with Gasteiger partial charge in [-0.15, -0.1) is 0 Å². The van der Waals surface area contributed by atoms with Crippen molar-refractivity contribution in [2.75, 3.05) is 7.11 Å². The van der Waals surface area contributed by atoms with Crippen molar-refractivity contribution in [2.24, 2.45) is 0 Å². The van der Waals surface area contributed by atoms with E-state index in [1.807, 2.05) is 30.3 Å². The highest BCUT2D eigenvalue weighted by atomic mass is 28.4. The van der Waals surface area contributed by atoms with E-state index in [1.54, 1.807) is 7.11 Å². The quantitative estimate of drug-likeness (QED) is 0.443. The first-order valence-corrected chi connectivity index (χ1v) is 9.17. The van der Waals surface area contributed by atoms with E-state index in [0.29, 0.717) is 11.5 Å². The highest BCUT2D eigenvalue weighted by molar-refractivity contribution is 6.70. The lowest BCUT2D eigenvalue weighted by Gasteiger charge is -2.22. The third kappa shape index (κ3) is 5.10. The van der Waals surface area contributed by atoms with Gasteiger partial charge in [0.15, 0.2) is 0 Å². The number of ether oxygens (including phenoxy) is 2. The van der Waals surface area contributed by atoms with E-state index in [1.165, 1.54) is 6.26 Å². The molecule has 3 nitrogen and oxygen atoms in total. The zero-order valence-electron chi connectivity index (χ0n) is 11.4. The van der Waals surface area contributed by atoms with Gasteiger partial charge >= 0.3 is 0 Å². The lowest BCUT2D eigenvalue weighted by Crippen LogP contribution is -2.25. The number of hydrogen-bond donors (Lipinski definition) is 0. The Morgan fingerprint density at radius 2 is 1.78 bits per heavy atom. The SMILES string of the molecule is C=C(O[Si](C)(C)C)C(=COC)Oc1ccccc1. The van der Waals surface area contributed by atoms with Crippen LogP contribution in [-0.2, 0) is 9.16 Å². The molecule has 0 aliphatic carbocycles. The van der Waals surface area contributed by atoms with E-state index in [0.717, 1.165) is 5.75 Å². The van der Waals surface area contributed by atoms with Crippen LogP contribution in [0.15, 0.2) is 54.7 Å². The second-order valence-corrected chi connectivity index (χ2v) is 9.20. The van der Waals surface area contributed by atoms with E-state index < -0.39 is 8.32 Å². The van der Waals surface area contributed by atoms with Crippen molar-refractivity contribution in [3.05, 3.63) is 54.7 Å². The molecule has 18 heavy (non-hydrogen) atoms. The predicted octanol–water partition coefficient (Wildman–Crippen LogP) is 3.92. The normalized spacial score (nSPS) is 11.9. The van der Waals surface area contributed by atoms with Crippen LogP contribution in [-0.4, -0.2) is 15.4 Å². The van der Waals surface area contributed by atoms with Gasteiger partial charge in [0.05, 0.1) is 7.11 Å². The van der Waals surface area contributed by atoms with Gasteiger partial charge in [-0.1, -0.05) is 24.8 Å². The monoisotopic (exact) mass is 264 g/mol. The Kier molecular flexibility index (Phi) is 5.04. The summed E-state index contributed by atoms with van der Waals surface area (Å²) >= 11 is 0. The summed E-state index contributed by atoms with van der Waals surface area (Å²) in [6, 6.07) is 9.47. The van der Waals surface area contributed by atoms with Crippen LogP contribution < -0.4 is 4.74 Å².